The predicted molar refractivity (Wildman–Crippen MR) is 158 cm³/mol. The molecular weight excluding hydrogens is 573 g/mol. The summed E-state index contributed by atoms with van der Waals surface area (Å²) in [7, 11) is -3.90. The molecule has 2 aromatic heterocycles. The number of halogens is 2. The first-order chi connectivity index (χ1) is 19.1. The summed E-state index contributed by atoms with van der Waals surface area (Å²) in [6, 6.07) is 9.58. The first-order valence-electron chi connectivity index (χ1n) is 13.3. The van der Waals surface area contributed by atoms with Gasteiger partial charge in [-0.25, -0.2) is 22.6 Å². The van der Waals surface area contributed by atoms with Crippen molar-refractivity contribution in [2.45, 2.75) is 64.2 Å². The Hall–Kier alpha value is -2.92. The van der Waals surface area contributed by atoms with Crippen LogP contribution in [-0.4, -0.2) is 41.2 Å². The van der Waals surface area contributed by atoms with Crippen LogP contribution in [0.15, 0.2) is 46.1 Å². The summed E-state index contributed by atoms with van der Waals surface area (Å²) in [5, 5.41) is 5.67. The zero-order valence-electron chi connectivity index (χ0n) is 22.8. The van der Waals surface area contributed by atoms with E-state index in [1.54, 1.807) is 35.7 Å². The van der Waals surface area contributed by atoms with Gasteiger partial charge in [0.1, 0.15) is 11.6 Å². The minimum Gasteiger partial charge on any atom is -0.493 e. The molecule has 0 saturated carbocycles. The van der Waals surface area contributed by atoms with E-state index in [1.165, 1.54) is 12.1 Å². The number of aromatic nitrogens is 4. The highest BCUT2D eigenvalue weighted by molar-refractivity contribution is 7.89. The van der Waals surface area contributed by atoms with E-state index in [0.29, 0.717) is 57.8 Å². The Balaban J connectivity index is 1.66. The van der Waals surface area contributed by atoms with Crippen LogP contribution in [0.4, 0.5) is 0 Å². The minimum absolute atomic E-state index is 0.0116. The SMILES string of the molecule is CCCCCCc1nc(C)c2c(=O)[nH]c(-c3cc(S(=O)(=O)NCCc4ccc(Cl)cc4Cl)ccc3OCC)nn12. The molecule has 4 rings (SSSR count). The summed E-state index contributed by atoms with van der Waals surface area (Å²) in [5.74, 6) is 1.29. The van der Waals surface area contributed by atoms with Gasteiger partial charge < -0.3 is 9.72 Å². The third-order valence-electron chi connectivity index (χ3n) is 6.51. The summed E-state index contributed by atoms with van der Waals surface area (Å²) in [5.41, 5.74) is 1.74. The van der Waals surface area contributed by atoms with Crippen molar-refractivity contribution in [3.8, 4) is 17.1 Å². The predicted octanol–water partition coefficient (Wildman–Crippen LogP) is 5.74. The van der Waals surface area contributed by atoms with Crippen LogP contribution in [0.3, 0.4) is 0 Å². The fraction of sp³-hybridized carbons (Fsp3) is 0.393. The summed E-state index contributed by atoms with van der Waals surface area (Å²) in [6.07, 6.45) is 5.30. The van der Waals surface area contributed by atoms with Crippen molar-refractivity contribution < 1.29 is 13.2 Å². The van der Waals surface area contributed by atoms with E-state index in [1.807, 2.05) is 6.92 Å². The van der Waals surface area contributed by atoms with Gasteiger partial charge in [0.05, 0.1) is 22.8 Å². The molecule has 2 N–H and O–H groups in total. The molecule has 12 heteroatoms. The van der Waals surface area contributed by atoms with Gasteiger partial charge in [0, 0.05) is 23.0 Å². The lowest BCUT2D eigenvalue weighted by Crippen LogP contribution is -2.26. The molecule has 0 bridgehead atoms. The fourth-order valence-electron chi connectivity index (χ4n) is 4.50. The largest absolute Gasteiger partial charge is 0.493 e. The van der Waals surface area contributed by atoms with Crippen LogP contribution in [0, 0.1) is 6.92 Å². The lowest BCUT2D eigenvalue weighted by Gasteiger charge is -2.13. The normalized spacial score (nSPS) is 11.8. The van der Waals surface area contributed by atoms with Gasteiger partial charge in [-0.05, 0) is 62.6 Å². The Labute approximate surface area is 243 Å². The smallest absolute Gasteiger partial charge is 0.277 e. The Bertz CT molecular complexity index is 1670. The molecule has 4 aromatic rings. The second-order valence-corrected chi connectivity index (χ2v) is 12.1. The van der Waals surface area contributed by atoms with Crippen molar-refractivity contribution in [3.63, 3.8) is 0 Å². The number of nitrogens with one attached hydrogen (secondary N) is 2. The summed E-state index contributed by atoms with van der Waals surface area (Å²) in [6.45, 7) is 6.23. The standard InChI is InChI=1S/C28H33Cl2N5O4S/c1-4-6-7-8-9-25-32-18(3)26-28(36)33-27(34-35(25)26)22-17-21(12-13-24(22)39-5-2)40(37,38)31-15-14-19-10-11-20(29)16-23(19)30/h10-13,16-17,31H,4-9,14-15H2,1-3H3,(H,33,34,36). The zero-order valence-corrected chi connectivity index (χ0v) is 25.1. The number of aromatic amines is 1. The third kappa shape index (κ3) is 6.86. The third-order valence-corrected chi connectivity index (χ3v) is 8.56. The average molecular weight is 607 g/mol. The number of benzene rings is 2. The molecule has 2 aromatic carbocycles. The van der Waals surface area contributed by atoms with Gasteiger partial charge in [0.15, 0.2) is 11.3 Å². The lowest BCUT2D eigenvalue weighted by molar-refractivity contribution is 0.341. The maximum absolute atomic E-state index is 13.2. The van der Waals surface area contributed by atoms with Crippen LogP contribution >= 0.6 is 23.2 Å². The number of ether oxygens (including phenoxy) is 1. The number of sulfonamides is 1. The number of imidazole rings is 1. The highest BCUT2D eigenvalue weighted by atomic mass is 35.5. The number of hydrogen-bond donors (Lipinski definition) is 2. The molecule has 0 atom stereocenters. The van der Waals surface area contributed by atoms with Gasteiger partial charge in [0.2, 0.25) is 10.0 Å². The number of fused-ring (bicyclic) bond motifs is 1. The summed E-state index contributed by atoms with van der Waals surface area (Å²) in [4.78, 5) is 20.5. The molecule has 0 unspecified atom stereocenters. The summed E-state index contributed by atoms with van der Waals surface area (Å²) >= 11 is 12.2. The maximum atomic E-state index is 13.2. The molecule has 0 spiro atoms. The molecule has 40 heavy (non-hydrogen) atoms. The zero-order chi connectivity index (χ0) is 28.9. The molecule has 0 aliphatic rings. The highest BCUT2D eigenvalue weighted by Crippen LogP contribution is 2.30. The van der Waals surface area contributed by atoms with Crippen LogP contribution in [0.5, 0.6) is 5.75 Å². The Morgan fingerprint density at radius 3 is 2.58 bits per heavy atom. The summed E-state index contributed by atoms with van der Waals surface area (Å²) < 4.78 is 36.4. The van der Waals surface area contributed by atoms with E-state index >= 15 is 0 Å². The molecule has 0 fully saturated rings. The number of nitrogens with zero attached hydrogens (tertiary/aromatic N) is 3. The number of hydrogen-bond acceptors (Lipinski definition) is 6. The van der Waals surface area contributed by atoms with E-state index in [2.05, 4.69) is 26.7 Å². The van der Waals surface area contributed by atoms with E-state index in [-0.39, 0.29) is 22.8 Å². The van der Waals surface area contributed by atoms with Crippen molar-refractivity contribution in [2.75, 3.05) is 13.2 Å². The Morgan fingerprint density at radius 2 is 1.85 bits per heavy atom. The monoisotopic (exact) mass is 605 g/mol. The number of H-pyrrole nitrogens is 1. The molecule has 2 heterocycles. The van der Waals surface area contributed by atoms with Gasteiger partial charge in [-0.1, -0.05) is 55.5 Å². The minimum atomic E-state index is -3.90. The van der Waals surface area contributed by atoms with Crippen molar-refractivity contribution in [2.24, 2.45) is 0 Å². The van der Waals surface area contributed by atoms with Gasteiger partial charge in [-0.15, -0.1) is 5.10 Å². The van der Waals surface area contributed by atoms with Gasteiger partial charge in [-0.3, -0.25) is 4.79 Å². The highest BCUT2D eigenvalue weighted by Gasteiger charge is 2.21. The molecule has 0 amide bonds. The van der Waals surface area contributed by atoms with Crippen molar-refractivity contribution in [1.29, 1.82) is 0 Å². The topological polar surface area (TPSA) is 118 Å². The average Bonchev–Trinajstić information content (AvgIpc) is 3.23. The second kappa shape index (κ2) is 13.2. The van der Waals surface area contributed by atoms with E-state index in [0.717, 1.165) is 31.2 Å². The van der Waals surface area contributed by atoms with Crippen molar-refractivity contribution >= 4 is 38.7 Å². The molecule has 0 aliphatic carbocycles. The maximum Gasteiger partial charge on any atom is 0.277 e. The number of aryl methyl sites for hydroxylation is 2. The molecular formula is C28H33Cl2N5O4S. The van der Waals surface area contributed by atoms with Crippen LogP contribution in [0.1, 0.15) is 56.6 Å². The quantitative estimate of drug-likeness (QED) is 0.187. The first-order valence-corrected chi connectivity index (χ1v) is 15.6. The molecule has 0 radical (unpaired) electrons. The van der Waals surface area contributed by atoms with Crippen LogP contribution < -0.4 is 15.0 Å². The van der Waals surface area contributed by atoms with E-state index in [9.17, 15) is 13.2 Å². The van der Waals surface area contributed by atoms with Crippen LogP contribution in [0.2, 0.25) is 10.0 Å². The van der Waals surface area contributed by atoms with Crippen molar-refractivity contribution in [1.82, 2.24) is 24.3 Å². The lowest BCUT2D eigenvalue weighted by atomic mass is 10.1. The van der Waals surface area contributed by atoms with E-state index in [4.69, 9.17) is 27.9 Å². The van der Waals surface area contributed by atoms with Crippen molar-refractivity contribution in [3.05, 3.63) is 73.9 Å². The number of unbranched alkanes of at least 4 members (excludes halogenated alkanes) is 3. The van der Waals surface area contributed by atoms with E-state index < -0.39 is 10.0 Å². The molecule has 0 saturated heterocycles. The van der Waals surface area contributed by atoms with Crippen LogP contribution in [-0.2, 0) is 22.9 Å². The Kier molecular flexibility index (Phi) is 9.89. The van der Waals surface area contributed by atoms with Gasteiger partial charge >= 0.3 is 0 Å². The van der Waals surface area contributed by atoms with Gasteiger partial charge in [0.25, 0.3) is 5.56 Å². The molecule has 9 nitrogen and oxygen atoms in total. The first kappa shape index (κ1) is 30.0. The van der Waals surface area contributed by atoms with Crippen LogP contribution in [0.25, 0.3) is 16.9 Å². The molecule has 0 aliphatic heterocycles. The van der Waals surface area contributed by atoms with Gasteiger partial charge in [-0.2, -0.15) is 0 Å². The molecule has 214 valence electrons. The number of rotatable bonds is 13. The Morgan fingerprint density at radius 1 is 1.05 bits per heavy atom. The fourth-order valence-corrected chi connectivity index (χ4v) is 6.06. The second-order valence-electron chi connectivity index (χ2n) is 9.46.